The highest BCUT2D eigenvalue weighted by atomic mass is 79.9. The summed E-state index contributed by atoms with van der Waals surface area (Å²) in [4.78, 5) is 22.9. The molecular formula is C16H15BrN2O3. The van der Waals surface area contributed by atoms with Gasteiger partial charge < -0.3 is 15.8 Å². The van der Waals surface area contributed by atoms with Crippen LogP contribution in [-0.4, -0.2) is 18.4 Å². The molecule has 0 heterocycles. The maximum atomic E-state index is 11.8. The number of rotatable bonds is 6. The number of hydrogen-bond donors (Lipinski definition) is 2. The van der Waals surface area contributed by atoms with Crippen molar-refractivity contribution in [3.63, 3.8) is 0 Å². The average molecular weight is 363 g/mol. The van der Waals surface area contributed by atoms with Crippen LogP contribution in [0.2, 0.25) is 0 Å². The normalized spacial score (nSPS) is 10.0. The van der Waals surface area contributed by atoms with Crippen molar-refractivity contribution < 1.29 is 14.3 Å². The van der Waals surface area contributed by atoms with Gasteiger partial charge in [-0.15, -0.1) is 0 Å². The molecule has 3 N–H and O–H groups in total. The van der Waals surface area contributed by atoms with Crippen LogP contribution in [0.25, 0.3) is 0 Å². The van der Waals surface area contributed by atoms with Gasteiger partial charge in [0.2, 0.25) is 11.8 Å². The highest BCUT2D eigenvalue weighted by molar-refractivity contribution is 9.10. The Morgan fingerprint density at radius 1 is 1.14 bits per heavy atom. The number of hydrogen-bond acceptors (Lipinski definition) is 3. The van der Waals surface area contributed by atoms with Gasteiger partial charge >= 0.3 is 0 Å². The van der Waals surface area contributed by atoms with Crippen molar-refractivity contribution in [3.05, 3.63) is 58.6 Å². The Kier molecular flexibility index (Phi) is 5.55. The molecule has 2 rings (SSSR count). The molecule has 114 valence electrons. The van der Waals surface area contributed by atoms with Gasteiger partial charge in [-0.2, -0.15) is 0 Å². The lowest BCUT2D eigenvalue weighted by Crippen LogP contribution is -2.16. The predicted octanol–water partition coefficient (Wildman–Crippen LogP) is 2.96. The molecule has 0 aliphatic heterocycles. The molecule has 2 amide bonds. The predicted molar refractivity (Wildman–Crippen MR) is 87.8 cm³/mol. The van der Waals surface area contributed by atoms with Gasteiger partial charge in [-0.05, 0) is 36.4 Å². The zero-order chi connectivity index (χ0) is 15.9. The van der Waals surface area contributed by atoms with E-state index >= 15 is 0 Å². The fourth-order valence-corrected chi connectivity index (χ4v) is 2.17. The Labute approximate surface area is 136 Å². The molecular weight excluding hydrogens is 348 g/mol. The molecule has 2 aromatic carbocycles. The third-order valence-electron chi connectivity index (χ3n) is 2.82. The molecule has 2 aromatic rings. The highest BCUT2D eigenvalue weighted by Crippen LogP contribution is 2.18. The number of amides is 2. The largest absolute Gasteiger partial charge is 0.493 e. The van der Waals surface area contributed by atoms with Crippen molar-refractivity contribution in [1.82, 2.24) is 0 Å². The van der Waals surface area contributed by atoms with Crippen LogP contribution in [0.5, 0.6) is 5.75 Å². The van der Waals surface area contributed by atoms with E-state index in [1.807, 2.05) is 24.3 Å². The van der Waals surface area contributed by atoms with Crippen LogP contribution in [0.4, 0.5) is 5.69 Å². The Bertz CT molecular complexity index is 689. The summed E-state index contributed by atoms with van der Waals surface area (Å²) >= 11 is 3.35. The molecule has 0 unspecified atom stereocenters. The van der Waals surface area contributed by atoms with E-state index in [0.29, 0.717) is 17.0 Å². The molecule has 0 spiro atoms. The van der Waals surface area contributed by atoms with E-state index < -0.39 is 5.91 Å². The molecule has 0 saturated heterocycles. The fraction of sp³-hybridized carbons (Fsp3) is 0.125. The summed E-state index contributed by atoms with van der Waals surface area (Å²) in [6.45, 7) is 0.262. The first-order chi connectivity index (χ1) is 10.5. The summed E-state index contributed by atoms with van der Waals surface area (Å²) in [5.74, 6) is -0.0383. The second-order valence-electron chi connectivity index (χ2n) is 4.55. The molecule has 0 radical (unpaired) electrons. The van der Waals surface area contributed by atoms with Crippen molar-refractivity contribution >= 4 is 33.4 Å². The van der Waals surface area contributed by atoms with Crippen LogP contribution in [0, 0.1) is 0 Å². The number of nitrogens with two attached hydrogens (primary N) is 1. The SMILES string of the molecule is NC(=O)c1cccc(NC(=O)CCOc2cccc(Br)c2)c1. The van der Waals surface area contributed by atoms with Crippen LogP contribution in [0.3, 0.4) is 0 Å². The number of halogens is 1. The summed E-state index contributed by atoms with van der Waals surface area (Å²) in [5.41, 5.74) is 6.08. The van der Waals surface area contributed by atoms with Crippen LogP contribution in [0.15, 0.2) is 53.0 Å². The number of ether oxygens (including phenoxy) is 1. The Morgan fingerprint density at radius 3 is 2.64 bits per heavy atom. The maximum absolute atomic E-state index is 11.8. The van der Waals surface area contributed by atoms with E-state index in [2.05, 4.69) is 21.2 Å². The summed E-state index contributed by atoms with van der Waals surface area (Å²) in [6.07, 6.45) is 0.202. The summed E-state index contributed by atoms with van der Waals surface area (Å²) < 4.78 is 6.41. The second-order valence-corrected chi connectivity index (χ2v) is 5.46. The molecule has 0 bridgehead atoms. The zero-order valence-corrected chi connectivity index (χ0v) is 13.3. The number of carbonyl (C=O) groups excluding carboxylic acids is 2. The molecule has 0 atom stereocenters. The number of anilines is 1. The minimum absolute atomic E-state index is 0.198. The standard InChI is InChI=1S/C16H15BrN2O3/c17-12-4-2-6-14(10-12)22-8-7-15(20)19-13-5-1-3-11(9-13)16(18)21/h1-6,9-10H,7-8H2,(H2,18,21)(H,19,20). The van der Waals surface area contributed by atoms with Gasteiger partial charge in [0.15, 0.2) is 0 Å². The lowest BCUT2D eigenvalue weighted by atomic mass is 10.2. The monoisotopic (exact) mass is 362 g/mol. The van der Waals surface area contributed by atoms with Crippen molar-refractivity contribution in [2.24, 2.45) is 5.73 Å². The van der Waals surface area contributed by atoms with Crippen molar-refractivity contribution in [1.29, 1.82) is 0 Å². The minimum atomic E-state index is -0.533. The second kappa shape index (κ2) is 7.61. The number of primary amides is 1. The van der Waals surface area contributed by atoms with Gasteiger partial charge in [0.05, 0.1) is 13.0 Å². The molecule has 0 aliphatic carbocycles. The topological polar surface area (TPSA) is 81.4 Å². The lowest BCUT2D eigenvalue weighted by Gasteiger charge is -2.08. The van der Waals surface area contributed by atoms with Gasteiger partial charge in [-0.25, -0.2) is 0 Å². The summed E-state index contributed by atoms with van der Waals surface area (Å²) in [5, 5.41) is 2.70. The van der Waals surface area contributed by atoms with Crippen LogP contribution in [0.1, 0.15) is 16.8 Å². The first-order valence-corrected chi connectivity index (χ1v) is 7.42. The van der Waals surface area contributed by atoms with Gasteiger partial charge in [-0.3, -0.25) is 9.59 Å². The third-order valence-corrected chi connectivity index (χ3v) is 3.32. The zero-order valence-electron chi connectivity index (χ0n) is 11.7. The number of nitrogens with one attached hydrogen (secondary N) is 1. The molecule has 0 aliphatic rings. The molecule has 6 heteroatoms. The average Bonchev–Trinajstić information content (AvgIpc) is 2.47. The van der Waals surface area contributed by atoms with Gasteiger partial charge in [0.25, 0.3) is 0 Å². The van der Waals surface area contributed by atoms with Crippen molar-refractivity contribution in [2.75, 3.05) is 11.9 Å². The number of benzene rings is 2. The van der Waals surface area contributed by atoms with Gasteiger partial charge in [0, 0.05) is 15.7 Å². The van der Waals surface area contributed by atoms with Gasteiger partial charge in [-0.1, -0.05) is 28.1 Å². The van der Waals surface area contributed by atoms with E-state index in [9.17, 15) is 9.59 Å². The minimum Gasteiger partial charge on any atom is -0.493 e. The van der Waals surface area contributed by atoms with E-state index in [1.165, 1.54) is 6.07 Å². The van der Waals surface area contributed by atoms with E-state index in [-0.39, 0.29) is 18.9 Å². The Hall–Kier alpha value is -2.34. The Balaban J connectivity index is 1.83. The maximum Gasteiger partial charge on any atom is 0.248 e. The Morgan fingerprint density at radius 2 is 1.91 bits per heavy atom. The smallest absolute Gasteiger partial charge is 0.248 e. The van der Waals surface area contributed by atoms with Crippen LogP contribution < -0.4 is 15.8 Å². The van der Waals surface area contributed by atoms with Crippen molar-refractivity contribution in [3.8, 4) is 5.75 Å². The molecule has 0 saturated carbocycles. The summed E-state index contributed by atoms with van der Waals surface area (Å²) in [6, 6.07) is 13.9. The lowest BCUT2D eigenvalue weighted by molar-refractivity contribution is -0.116. The van der Waals surface area contributed by atoms with E-state index in [0.717, 1.165) is 4.47 Å². The van der Waals surface area contributed by atoms with Crippen molar-refractivity contribution in [2.45, 2.75) is 6.42 Å². The van der Waals surface area contributed by atoms with E-state index in [4.69, 9.17) is 10.5 Å². The first-order valence-electron chi connectivity index (χ1n) is 6.62. The molecule has 5 nitrogen and oxygen atoms in total. The fourth-order valence-electron chi connectivity index (χ4n) is 1.79. The third kappa shape index (κ3) is 4.89. The highest BCUT2D eigenvalue weighted by Gasteiger charge is 2.06. The molecule has 0 fully saturated rings. The first kappa shape index (κ1) is 16.0. The number of carbonyl (C=O) groups is 2. The molecule has 22 heavy (non-hydrogen) atoms. The van der Waals surface area contributed by atoms with Crippen LogP contribution >= 0.6 is 15.9 Å². The molecule has 0 aromatic heterocycles. The van der Waals surface area contributed by atoms with Gasteiger partial charge in [0.1, 0.15) is 5.75 Å². The van der Waals surface area contributed by atoms with Crippen LogP contribution in [-0.2, 0) is 4.79 Å². The van der Waals surface area contributed by atoms with E-state index in [1.54, 1.807) is 18.2 Å². The summed E-state index contributed by atoms with van der Waals surface area (Å²) in [7, 11) is 0. The quantitative estimate of drug-likeness (QED) is 0.828.